The van der Waals surface area contributed by atoms with Gasteiger partial charge in [-0.1, -0.05) is 0 Å². The Hall–Kier alpha value is -1.44. The van der Waals surface area contributed by atoms with E-state index in [-0.39, 0.29) is 24.3 Å². The Labute approximate surface area is 149 Å². The van der Waals surface area contributed by atoms with Gasteiger partial charge in [-0.2, -0.15) is 5.10 Å². The topological polar surface area (TPSA) is 70.8 Å². The summed E-state index contributed by atoms with van der Waals surface area (Å²) >= 11 is 0. The summed E-state index contributed by atoms with van der Waals surface area (Å²) < 4.78 is 7.26. The van der Waals surface area contributed by atoms with E-state index in [0.717, 1.165) is 19.6 Å². The predicted molar refractivity (Wildman–Crippen MR) is 94.4 cm³/mol. The van der Waals surface area contributed by atoms with Crippen LogP contribution in [0.1, 0.15) is 37.8 Å². The molecule has 0 unspecified atom stereocenters. The van der Waals surface area contributed by atoms with Crippen molar-refractivity contribution in [1.82, 2.24) is 19.6 Å². The highest BCUT2D eigenvalue weighted by molar-refractivity contribution is 5.76. The molecule has 2 atom stereocenters. The Kier molecular flexibility index (Phi) is 6.09. The summed E-state index contributed by atoms with van der Waals surface area (Å²) in [5.74, 6) is 0.708. The zero-order valence-corrected chi connectivity index (χ0v) is 15.3. The molecule has 0 spiro atoms. The molecule has 0 radical (unpaired) electrons. The number of hydrogen-bond acceptors (Lipinski definition) is 5. The third-order valence-corrected chi connectivity index (χ3v) is 5.34. The van der Waals surface area contributed by atoms with Crippen LogP contribution in [-0.2, 0) is 9.53 Å². The van der Waals surface area contributed by atoms with Crippen LogP contribution >= 0.6 is 0 Å². The average molecular weight is 350 g/mol. The zero-order valence-electron chi connectivity index (χ0n) is 15.3. The number of rotatable bonds is 6. The van der Waals surface area contributed by atoms with Crippen molar-refractivity contribution in [3.8, 4) is 0 Å². The smallest absolute Gasteiger partial charge is 0.224 e. The number of carbonyl (C=O) groups is 1. The van der Waals surface area contributed by atoms with Crippen molar-refractivity contribution in [3.05, 3.63) is 18.0 Å². The van der Waals surface area contributed by atoms with Gasteiger partial charge in [-0.05, 0) is 19.4 Å². The van der Waals surface area contributed by atoms with E-state index in [9.17, 15) is 9.90 Å². The molecule has 7 nitrogen and oxygen atoms in total. The number of ether oxygens (including phenoxy) is 1. The van der Waals surface area contributed by atoms with Crippen LogP contribution in [0.3, 0.4) is 0 Å². The number of morpholine rings is 1. The van der Waals surface area contributed by atoms with Gasteiger partial charge < -0.3 is 19.6 Å². The van der Waals surface area contributed by atoms with Crippen LogP contribution in [0.5, 0.6) is 0 Å². The molecule has 7 heteroatoms. The summed E-state index contributed by atoms with van der Waals surface area (Å²) in [5, 5.41) is 14.2. The van der Waals surface area contributed by atoms with E-state index in [1.165, 1.54) is 5.56 Å². The van der Waals surface area contributed by atoms with Gasteiger partial charge in [-0.3, -0.25) is 9.48 Å². The maximum atomic E-state index is 12.3. The molecule has 2 aliphatic rings. The molecule has 1 amide bonds. The fraction of sp³-hybridized carbons (Fsp3) is 0.778. The van der Waals surface area contributed by atoms with Gasteiger partial charge in [-0.25, -0.2) is 0 Å². The fourth-order valence-electron chi connectivity index (χ4n) is 3.76. The highest BCUT2D eigenvalue weighted by Crippen LogP contribution is 2.32. The number of nitrogens with zero attached hydrogens (tertiary/aromatic N) is 4. The normalized spacial score (nSPS) is 25.0. The van der Waals surface area contributed by atoms with Crippen molar-refractivity contribution in [2.45, 2.75) is 32.2 Å². The summed E-state index contributed by atoms with van der Waals surface area (Å²) in [4.78, 5) is 16.5. The lowest BCUT2D eigenvalue weighted by Gasteiger charge is -2.27. The van der Waals surface area contributed by atoms with Crippen molar-refractivity contribution < 1.29 is 14.6 Å². The molecule has 0 aliphatic carbocycles. The first-order valence-electron chi connectivity index (χ1n) is 9.31. The molecule has 2 saturated heterocycles. The number of aliphatic hydroxyl groups is 1. The Morgan fingerprint density at radius 2 is 2.12 bits per heavy atom. The molecule has 1 N–H and O–H groups in total. The molecular formula is C18H30N4O3. The molecule has 140 valence electrons. The zero-order chi connectivity index (χ0) is 17.8. The van der Waals surface area contributed by atoms with Crippen LogP contribution in [0.25, 0.3) is 0 Å². The van der Waals surface area contributed by atoms with Gasteiger partial charge in [0, 0.05) is 69.8 Å². The molecular weight excluding hydrogens is 320 g/mol. The Balaban J connectivity index is 1.54. The van der Waals surface area contributed by atoms with E-state index in [2.05, 4.69) is 30.0 Å². The van der Waals surface area contributed by atoms with Gasteiger partial charge in [0.15, 0.2) is 0 Å². The molecule has 0 aromatic carbocycles. The van der Waals surface area contributed by atoms with E-state index < -0.39 is 0 Å². The van der Waals surface area contributed by atoms with Gasteiger partial charge in [0.05, 0.1) is 19.4 Å². The lowest BCUT2D eigenvalue weighted by atomic mass is 9.92. The minimum Gasteiger partial charge on any atom is -0.396 e. The second-order valence-corrected chi connectivity index (χ2v) is 7.40. The molecule has 3 heterocycles. The van der Waals surface area contributed by atoms with E-state index in [0.29, 0.717) is 38.8 Å². The maximum Gasteiger partial charge on any atom is 0.224 e. The minimum absolute atomic E-state index is 0.172. The second-order valence-electron chi connectivity index (χ2n) is 7.40. The third-order valence-electron chi connectivity index (χ3n) is 5.34. The molecule has 0 bridgehead atoms. The molecule has 25 heavy (non-hydrogen) atoms. The number of carbonyl (C=O) groups excluding carboxylic acids is 1. The highest BCUT2D eigenvalue weighted by atomic mass is 16.5. The van der Waals surface area contributed by atoms with E-state index in [1.807, 2.05) is 15.8 Å². The first kappa shape index (κ1) is 18.4. The van der Waals surface area contributed by atoms with Gasteiger partial charge in [0.25, 0.3) is 0 Å². The van der Waals surface area contributed by atoms with Crippen molar-refractivity contribution >= 4 is 5.91 Å². The van der Waals surface area contributed by atoms with Crippen LogP contribution < -0.4 is 0 Å². The summed E-state index contributed by atoms with van der Waals surface area (Å²) in [6, 6.07) is 0.338. The molecule has 2 fully saturated rings. The predicted octanol–water partition coefficient (Wildman–Crippen LogP) is 0.721. The maximum absolute atomic E-state index is 12.3. The Morgan fingerprint density at radius 1 is 1.36 bits per heavy atom. The molecule has 0 saturated carbocycles. The number of likely N-dealkylation sites (tertiary alicyclic amines) is 1. The van der Waals surface area contributed by atoms with E-state index >= 15 is 0 Å². The second kappa shape index (κ2) is 8.29. The number of aliphatic hydroxyl groups excluding tert-OH is 1. The third kappa shape index (κ3) is 4.40. The first-order valence-corrected chi connectivity index (χ1v) is 9.31. The number of hydrogen-bond donors (Lipinski definition) is 1. The number of amides is 1. The Bertz CT molecular complexity index is 568. The van der Waals surface area contributed by atoms with Gasteiger partial charge >= 0.3 is 0 Å². The van der Waals surface area contributed by atoms with Crippen LogP contribution in [-0.4, -0.2) is 83.1 Å². The molecule has 2 aliphatic heterocycles. The minimum atomic E-state index is 0.172. The summed E-state index contributed by atoms with van der Waals surface area (Å²) in [6.45, 7) is 9.55. The van der Waals surface area contributed by atoms with Crippen LogP contribution in [0.15, 0.2) is 12.4 Å². The van der Waals surface area contributed by atoms with Crippen LogP contribution in [0.4, 0.5) is 0 Å². The quantitative estimate of drug-likeness (QED) is 0.819. The fourth-order valence-corrected chi connectivity index (χ4v) is 3.76. The lowest BCUT2D eigenvalue weighted by Crippen LogP contribution is -2.41. The van der Waals surface area contributed by atoms with Gasteiger partial charge in [0.2, 0.25) is 5.91 Å². The largest absolute Gasteiger partial charge is 0.396 e. The van der Waals surface area contributed by atoms with Gasteiger partial charge in [0.1, 0.15) is 0 Å². The van der Waals surface area contributed by atoms with Crippen molar-refractivity contribution in [3.63, 3.8) is 0 Å². The van der Waals surface area contributed by atoms with Gasteiger partial charge in [-0.15, -0.1) is 0 Å². The summed E-state index contributed by atoms with van der Waals surface area (Å²) in [5.41, 5.74) is 1.19. The van der Waals surface area contributed by atoms with Crippen molar-refractivity contribution in [1.29, 1.82) is 0 Å². The monoisotopic (exact) mass is 350 g/mol. The first-order chi connectivity index (χ1) is 12.1. The molecule has 3 rings (SSSR count). The Morgan fingerprint density at radius 3 is 2.76 bits per heavy atom. The molecule has 1 aromatic rings. The lowest BCUT2D eigenvalue weighted by molar-refractivity contribution is -0.135. The highest BCUT2D eigenvalue weighted by Gasteiger charge is 2.34. The van der Waals surface area contributed by atoms with Crippen molar-refractivity contribution in [2.75, 3.05) is 52.5 Å². The standard InChI is InChI=1S/C18H30N4O3/c1-14(2)22-11-15(9-19-22)17-12-20(10-16(17)13-23)4-3-18(24)21-5-7-25-8-6-21/h9,11,14,16-17,23H,3-8,10,12-13H2,1-2H3/t16-,17-/m0/s1. The van der Waals surface area contributed by atoms with Crippen LogP contribution in [0, 0.1) is 5.92 Å². The molecule has 1 aromatic heterocycles. The average Bonchev–Trinajstić information content (AvgIpc) is 3.27. The van der Waals surface area contributed by atoms with Crippen molar-refractivity contribution in [2.24, 2.45) is 5.92 Å². The number of aromatic nitrogens is 2. The summed E-state index contributed by atoms with van der Waals surface area (Å²) in [7, 11) is 0. The van der Waals surface area contributed by atoms with E-state index in [4.69, 9.17) is 4.74 Å². The summed E-state index contributed by atoms with van der Waals surface area (Å²) in [6.07, 6.45) is 4.56. The SMILES string of the molecule is CC(C)n1cc([C@@H]2CN(CCC(=O)N3CCOCC3)C[C@H]2CO)cn1. The van der Waals surface area contributed by atoms with E-state index in [1.54, 1.807) is 0 Å². The van der Waals surface area contributed by atoms with Crippen LogP contribution in [0.2, 0.25) is 0 Å².